The van der Waals surface area contributed by atoms with Gasteiger partial charge in [-0.1, -0.05) is 12.1 Å². The highest BCUT2D eigenvalue weighted by molar-refractivity contribution is 5.73. The van der Waals surface area contributed by atoms with Gasteiger partial charge in [-0.15, -0.1) is 0 Å². The van der Waals surface area contributed by atoms with Crippen molar-refractivity contribution in [1.82, 2.24) is 5.32 Å². The molecule has 0 bridgehead atoms. The van der Waals surface area contributed by atoms with Gasteiger partial charge in [0.2, 0.25) is 0 Å². The number of aliphatic carboxylic acids is 1. The van der Waals surface area contributed by atoms with Crippen molar-refractivity contribution in [1.29, 1.82) is 0 Å². The van der Waals surface area contributed by atoms with Gasteiger partial charge < -0.3 is 15.2 Å². The topological polar surface area (TPSA) is 58.6 Å². The summed E-state index contributed by atoms with van der Waals surface area (Å²) < 4.78 is 5.04. The van der Waals surface area contributed by atoms with Crippen LogP contribution in [0.5, 0.6) is 5.75 Å². The summed E-state index contributed by atoms with van der Waals surface area (Å²) in [5.41, 5.74) is 0.995. The number of benzene rings is 1. The zero-order valence-electron chi connectivity index (χ0n) is 8.43. The quantitative estimate of drug-likeness (QED) is 0.777. The van der Waals surface area contributed by atoms with Crippen molar-refractivity contribution in [3.05, 3.63) is 29.8 Å². The highest BCUT2D eigenvalue weighted by atomic mass is 16.5. The van der Waals surface area contributed by atoms with Crippen molar-refractivity contribution in [3.63, 3.8) is 0 Å². The summed E-state index contributed by atoms with van der Waals surface area (Å²) >= 11 is 0. The van der Waals surface area contributed by atoms with Crippen LogP contribution in [0.2, 0.25) is 0 Å². The second-order valence-electron chi connectivity index (χ2n) is 3.60. The summed E-state index contributed by atoms with van der Waals surface area (Å²) in [6.45, 7) is 0.548. The number of rotatable bonds is 3. The Balaban J connectivity index is 2.13. The zero-order chi connectivity index (χ0) is 10.8. The van der Waals surface area contributed by atoms with Gasteiger partial charge in [-0.2, -0.15) is 0 Å². The molecule has 1 aromatic carbocycles. The lowest BCUT2D eigenvalue weighted by Gasteiger charge is -2.35. The molecule has 0 aliphatic carbocycles. The van der Waals surface area contributed by atoms with E-state index in [4.69, 9.17) is 9.84 Å². The molecule has 0 saturated carbocycles. The molecule has 80 valence electrons. The lowest BCUT2D eigenvalue weighted by atomic mass is 9.86. The molecule has 0 aromatic heterocycles. The molecule has 2 rings (SSSR count). The van der Waals surface area contributed by atoms with Crippen molar-refractivity contribution in [2.24, 2.45) is 5.92 Å². The van der Waals surface area contributed by atoms with E-state index in [1.807, 2.05) is 24.3 Å². The first kappa shape index (κ1) is 9.98. The van der Waals surface area contributed by atoms with Crippen LogP contribution in [-0.4, -0.2) is 24.7 Å². The minimum atomic E-state index is -0.741. The number of hydrogen-bond donors (Lipinski definition) is 2. The molecule has 4 nitrogen and oxygen atoms in total. The van der Waals surface area contributed by atoms with Gasteiger partial charge in [-0.25, -0.2) is 0 Å². The van der Waals surface area contributed by atoms with Crippen LogP contribution in [0.15, 0.2) is 24.3 Å². The van der Waals surface area contributed by atoms with E-state index < -0.39 is 5.97 Å². The van der Waals surface area contributed by atoms with E-state index in [9.17, 15) is 4.79 Å². The first-order chi connectivity index (χ1) is 7.22. The number of methoxy groups -OCH3 is 1. The summed E-state index contributed by atoms with van der Waals surface area (Å²) in [7, 11) is 1.61. The Morgan fingerprint density at radius 1 is 1.47 bits per heavy atom. The predicted molar refractivity (Wildman–Crippen MR) is 54.9 cm³/mol. The van der Waals surface area contributed by atoms with Crippen LogP contribution in [0.25, 0.3) is 0 Å². The van der Waals surface area contributed by atoms with Gasteiger partial charge in [0.05, 0.1) is 13.0 Å². The summed E-state index contributed by atoms with van der Waals surface area (Å²) in [5.74, 6) is -0.266. The van der Waals surface area contributed by atoms with Crippen LogP contribution in [0.3, 0.4) is 0 Å². The maximum absolute atomic E-state index is 10.8. The summed E-state index contributed by atoms with van der Waals surface area (Å²) in [4.78, 5) is 10.8. The van der Waals surface area contributed by atoms with E-state index in [-0.39, 0.29) is 12.0 Å². The van der Waals surface area contributed by atoms with Crippen LogP contribution in [0.4, 0.5) is 0 Å². The molecular formula is C11H13NO3. The molecule has 15 heavy (non-hydrogen) atoms. The maximum atomic E-state index is 10.8. The van der Waals surface area contributed by atoms with Gasteiger partial charge in [0.15, 0.2) is 0 Å². The van der Waals surface area contributed by atoms with Crippen LogP contribution >= 0.6 is 0 Å². The fraction of sp³-hybridized carbons (Fsp3) is 0.364. The van der Waals surface area contributed by atoms with Gasteiger partial charge in [0, 0.05) is 12.6 Å². The predicted octanol–water partition coefficient (Wildman–Crippen LogP) is 1.04. The van der Waals surface area contributed by atoms with Crippen LogP contribution in [0, 0.1) is 5.92 Å². The summed E-state index contributed by atoms with van der Waals surface area (Å²) in [6.07, 6.45) is 0. The molecule has 1 heterocycles. The van der Waals surface area contributed by atoms with Gasteiger partial charge in [0.1, 0.15) is 5.75 Å². The first-order valence-electron chi connectivity index (χ1n) is 4.82. The summed E-state index contributed by atoms with van der Waals surface area (Å²) in [5, 5.41) is 12.0. The molecule has 1 aromatic rings. The van der Waals surface area contributed by atoms with Crippen molar-refractivity contribution in [3.8, 4) is 5.75 Å². The van der Waals surface area contributed by atoms with Crippen LogP contribution < -0.4 is 10.1 Å². The molecule has 1 fully saturated rings. The normalized spacial score (nSPS) is 24.3. The molecule has 0 radical (unpaired) electrons. The van der Waals surface area contributed by atoms with Gasteiger partial charge in [-0.3, -0.25) is 4.79 Å². The lowest BCUT2D eigenvalue weighted by molar-refractivity contribution is -0.145. The van der Waals surface area contributed by atoms with E-state index in [0.29, 0.717) is 6.54 Å². The fourth-order valence-corrected chi connectivity index (χ4v) is 1.74. The average molecular weight is 207 g/mol. The highest BCUT2D eigenvalue weighted by Gasteiger charge is 2.36. The molecular weight excluding hydrogens is 194 g/mol. The average Bonchev–Trinajstić information content (AvgIpc) is 2.16. The molecule has 2 N–H and O–H groups in total. The van der Waals surface area contributed by atoms with Crippen molar-refractivity contribution < 1.29 is 14.6 Å². The molecule has 0 amide bonds. The van der Waals surface area contributed by atoms with E-state index in [2.05, 4.69) is 5.32 Å². The second-order valence-corrected chi connectivity index (χ2v) is 3.60. The van der Waals surface area contributed by atoms with E-state index in [0.717, 1.165) is 11.3 Å². The molecule has 2 atom stereocenters. The smallest absolute Gasteiger partial charge is 0.309 e. The standard InChI is InChI=1S/C11H13NO3/c1-15-8-4-2-7(3-5-8)10-9(6-12-10)11(13)14/h2-5,9-10,12H,6H2,1H3,(H,13,14). The number of nitrogens with one attached hydrogen (secondary N) is 1. The third kappa shape index (κ3) is 1.80. The van der Waals surface area contributed by atoms with Crippen LogP contribution in [0.1, 0.15) is 11.6 Å². The minimum Gasteiger partial charge on any atom is -0.497 e. The van der Waals surface area contributed by atoms with E-state index in [1.54, 1.807) is 7.11 Å². The SMILES string of the molecule is COc1ccc(C2NCC2C(=O)O)cc1. The molecule has 2 unspecified atom stereocenters. The van der Waals surface area contributed by atoms with Crippen molar-refractivity contribution in [2.45, 2.75) is 6.04 Å². The third-order valence-electron chi connectivity index (χ3n) is 2.75. The second kappa shape index (κ2) is 3.90. The van der Waals surface area contributed by atoms with E-state index >= 15 is 0 Å². The summed E-state index contributed by atoms with van der Waals surface area (Å²) in [6, 6.07) is 7.41. The van der Waals surface area contributed by atoms with Crippen molar-refractivity contribution in [2.75, 3.05) is 13.7 Å². The monoisotopic (exact) mass is 207 g/mol. The first-order valence-corrected chi connectivity index (χ1v) is 4.82. The number of carboxylic acid groups (broad SMARTS) is 1. The van der Waals surface area contributed by atoms with Gasteiger partial charge in [-0.05, 0) is 17.7 Å². The Hall–Kier alpha value is -1.55. The van der Waals surface area contributed by atoms with Crippen LogP contribution in [-0.2, 0) is 4.79 Å². The molecule has 1 saturated heterocycles. The molecule has 4 heteroatoms. The lowest BCUT2D eigenvalue weighted by Crippen LogP contribution is -2.49. The maximum Gasteiger partial charge on any atom is 0.309 e. The fourth-order valence-electron chi connectivity index (χ4n) is 1.74. The molecule has 1 aliphatic heterocycles. The molecule has 1 aliphatic rings. The third-order valence-corrected chi connectivity index (χ3v) is 2.75. The Labute approximate surface area is 87.9 Å². The molecule has 0 spiro atoms. The minimum absolute atomic E-state index is 0.0617. The Bertz CT molecular complexity index is 361. The Morgan fingerprint density at radius 2 is 2.13 bits per heavy atom. The Kier molecular flexibility index (Phi) is 2.60. The van der Waals surface area contributed by atoms with Gasteiger partial charge >= 0.3 is 5.97 Å². The van der Waals surface area contributed by atoms with Crippen molar-refractivity contribution >= 4 is 5.97 Å². The zero-order valence-corrected chi connectivity index (χ0v) is 8.43. The Morgan fingerprint density at radius 3 is 2.53 bits per heavy atom. The van der Waals surface area contributed by atoms with Gasteiger partial charge in [0.25, 0.3) is 0 Å². The van der Waals surface area contributed by atoms with E-state index in [1.165, 1.54) is 0 Å². The number of carbonyl (C=O) groups is 1. The number of hydrogen-bond acceptors (Lipinski definition) is 3. The largest absolute Gasteiger partial charge is 0.497 e. The number of ether oxygens (including phenoxy) is 1. The highest BCUT2D eigenvalue weighted by Crippen LogP contribution is 2.30. The number of carboxylic acids is 1.